The van der Waals surface area contributed by atoms with Gasteiger partial charge in [0.25, 0.3) is 0 Å². The van der Waals surface area contributed by atoms with E-state index in [4.69, 9.17) is 4.98 Å². The lowest BCUT2D eigenvalue weighted by Gasteiger charge is -2.12. The number of hydrogen-bond acceptors (Lipinski definition) is 4. The Morgan fingerprint density at radius 3 is 2.62 bits per heavy atom. The highest BCUT2D eigenvalue weighted by Crippen LogP contribution is 2.32. The molecule has 90 valence electrons. The lowest BCUT2D eigenvalue weighted by molar-refractivity contribution is 0.769. The molecule has 1 aliphatic heterocycles. The van der Waals surface area contributed by atoms with Crippen molar-refractivity contribution in [2.45, 2.75) is 39.2 Å². The van der Waals surface area contributed by atoms with Gasteiger partial charge in [-0.05, 0) is 25.8 Å². The first kappa shape index (κ1) is 11.9. The molecule has 0 saturated carbocycles. The maximum atomic E-state index is 4.81. The monoisotopic (exact) mass is 239 g/mol. The Hall–Kier alpha value is -0.610. The Bertz CT molecular complexity index is 340. The molecule has 0 aromatic carbocycles. The van der Waals surface area contributed by atoms with Crippen LogP contribution in [0.4, 0.5) is 5.13 Å². The van der Waals surface area contributed by atoms with Gasteiger partial charge in [0, 0.05) is 24.5 Å². The standard InChI is InChI=1S/C12H21N3S/c1-9(2)11-10(8-13-3)16-12(14-11)15-6-4-5-7-15/h9,13H,4-8H2,1-3H3. The summed E-state index contributed by atoms with van der Waals surface area (Å²) in [5.74, 6) is 0.524. The van der Waals surface area contributed by atoms with Gasteiger partial charge in [-0.25, -0.2) is 4.98 Å². The summed E-state index contributed by atoms with van der Waals surface area (Å²) < 4.78 is 0. The molecule has 2 rings (SSSR count). The largest absolute Gasteiger partial charge is 0.348 e. The summed E-state index contributed by atoms with van der Waals surface area (Å²) >= 11 is 1.86. The normalized spacial score (nSPS) is 16.4. The van der Waals surface area contributed by atoms with Crippen molar-refractivity contribution < 1.29 is 0 Å². The van der Waals surface area contributed by atoms with Crippen molar-refractivity contribution >= 4 is 16.5 Å². The first-order valence-corrected chi connectivity index (χ1v) is 6.93. The molecule has 0 radical (unpaired) electrons. The van der Waals surface area contributed by atoms with Crippen molar-refractivity contribution in [3.8, 4) is 0 Å². The molecule has 0 aliphatic carbocycles. The molecule has 0 bridgehead atoms. The molecular weight excluding hydrogens is 218 g/mol. The highest BCUT2D eigenvalue weighted by Gasteiger charge is 2.19. The van der Waals surface area contributed by atoms with Gasteiger partial charge >= 0.3 is 0 Å². The summed E-state index contributed by atoms with van der Waals surface area (Å²) in [5.41, 5.74) is 1.28. The van der Waals surface area contributed by atoms with Crippen LogP contribution in [0.2, 0.25) is 0 Å². The summed E-state index contributed by atoms with van der Waals surface area (Å²) in [6.07, 6.45) is 2.63. The quantitative estimate of drug-likeness (QED) is 0.875. The molecule has 16 heavy (non-hydrogen) atoms. The van der Waals surface area contributed by atoms with Gasteiger partial charge in [-0.2, -0.15) is 0 Å². The minimum absolute atomic E-state index is 0.524. The van der Waals surface area contributed by atoms with Crippen molar-refractivity contribution in [2.24, 2.45) is 0 Å². The van der Waals surface area contributed by atoms with Crippen molar-refractivity contribution in [3.63, 3.8) is 0 Å². The number of nitrogens with one attached hydrogen (secondary N) is 1. The number of hydrogen-bond donors (Lipinski definition) is 1. The second kappa shape index (κ2) is 5.15. The smallest absolute Gasteiger partial charge is 0.185 e. The Balaban J connectivity index is 2.22. The molecule has 4 heteroatoms. The average molecular weight is 239 g/mol. The second-order valence-corrected chi connectivity index (χ2v) is 5.75. The van der Waals surface area contributed by atoms with Crippen LogP contribution in [0.5, 0.6) is 0 Å². The second-order valence-electron chi connectivity index (χ2n) is 4.68. The van der Waals surface area contributed by atoms with Gasteiger partial charge in [0.05, 0.1) is 5.69 Å². The SMILES string of the molecule is CNCc1sc(N2CCCC2)nc1C(C)C. The van der Waals surface area contributed by atoms with Crippen LogP contribution in [0.15, 0.2) is 0 Å². The van der Waals surface area contributed by atoms with Crippen LogP contribution in [0, 0.1) is 0 Å². The predicted molar refractivity (Wildman–Crippen MR) is 70.4 cm³/mol. The minimum Gasteiger partial charge on any atom is -0.348 e. The zero-order valence-electron chi connectivity index (χ0n) is 10.4. The molecule has 1 aromatic rings. The average Bonchev–Trinajstić information content (AvgIpc) is 2.83. The number of aromatic nitrogens is 1. The van der Waals surface area contributed by atoms with Gasteiger partial charge in [-0.3, -0.25) is 0 Å². The summed E-state index contributed by atoms with van der Waals surface area (Å²) in [7, 11) is 2.00. The van der Waals surface area contributed by atoms with E-state index in [9.17, 15) is 0 Å². The maximum Gasteiger partial charge on any atom is 0.185 e. The van der Waals surface area contributed by atoms with Gasteiger partial charge in [0.15, 0.2) is 5.13 Å². The van der Waals surface area contributed by atoms with E-state index in [-0.39, 0.29) is 0 Å². The summed E-state index contributed by atoms with van der Waals surface area (Å²) in [5, 5.41) is 4.46. The van der Waals surface area contributed by atoms with Crippen molar-refractivity contribution in [1.82, 2.24) is 10.3 Å². The summed E-state index contributed by atoms with van der Waals surface area (Å²) in [4.78, 5) is 8.64. The fourth-order valence-electron chi connectivity index (χ4n) is 2.13. The van der Waals surface area contributed by atoms with E-state index in [1.165, 1.54) is 41.6 Å². The van der Waals surface area contributed by atoms with Gasteiger partial charge in [-0.1, -0.05) is 13.8 Å². The minimum atomic E-state index is 0.524. The first-order chi connectivity index (χ1) is 7.72. The van der Waals surface area contributed by atoms with Crippen LogP contribution >= 0.6 is 11.3 Å². The summed E-state index contributed by atoms with van der Waals surface area (Å²) in [6.45, 7) is 7.76. The Morgan fingerprint density at radius 2 is 2.06 bits per heavy atom. The van der Waals surface area contributed by atoms with Crippen molar-refractivity contribution in [3.05, 3.63) is 10.6 Å². The van der Waals surface area contributed by atoms with Gasteiger partial charge < -0.3 is 10.2 Å². The van der Waals surface area contributed by atoms with E-state index in [0.717, 1.165) is 6.54 Å². The molecule has 1 aromatic heterocycles. The first-order valence-electron chi connectivity index (χ1n) is 6.11. The lowest BCUT2D eigenvalue weighted by Crippen LogP contribution is -2.17. The molecule has 2 heterocycles. The third kappa shape index (κ3) is 2.38. The van der Waals surface area contributed by atoms with Crippen LogP contribution in [0.3, 0.4) is 0 Å². The fraction of sp³-hybridized carbons (Fsp3) is 0.750. The van der Waals surface area contributed by atoms with E-state index in [1.54, 1.807) is 0 Å². The number of thiazole rings is 1. The predicted octanol–water partition coefficient (Wildman–Crippen LogP) is 2.59. The van der Waals surface area contributed by atoms with Gasteiger partial charge in [0.1, 0.15) is 0 Å². The molecule has 1 saturated heterocycles. The van der Waals surface area contributed by atoms with E-state index in [2.05, 4.69) is 24.1 Å². The van der Waals surface area contributed by atoms with Gasteiger partial charge in [-0.15, -0.1) is 11.3 Å². The van der Waals surface area contributed by atoms with Crippen LogP contribution in [0.25, 0.3) is 0 Å². The van der Waals surface area contributed by atoms with Crippen LogP contribution < -0.4 is 10.2 Å². The molecule has 0 unspecified atom stereocenters. The molecule has 1 aliphatic rings. The topological polar surface area (TPSA) is 28.2 Å². The van der Waals surface area contributed by atoms with E-state index < -0.39 is 0 Å². The summed E-state index contributed by atoms with van der Waals surface area (Å²) in [6, 6.07) is 0. The zero-order chi connectivity index (χ0) is 11.5. The van der Waals surface area contributed by atoms with E-state index in [0.29, 0.717) is 5.92 Å². The fourth-order valence-corrected chi connectivity index (χ4v) is 3.41. The zero-order valence-corrected chi connectivity index (χ0v) is 11.2. The molecular formula is C12H21N3S. The highest BCUT2D eigenvalue weighted by molar-refractivity contribution is 7.15. The van der Waals surface area contributed by atoms with Crippen LogP contribution in [0.1, 0.15) is 43.2 Å². The Morgan fingerprint density at radius 1 is 1.38 bits per heavy atom. The Kier molecular flexibility index (Phi) is 3.82. The van der Waals surface area contributed by atoms with E-state index >= 15 is 0 Å². The number of nitrogens with zero attached hydrogens (tertiary/aromatic N) is 2. The van der Waals surface area contributed by atoms with Crippen LogP contribution in [-0.2, 0) is 6.54 Å². The van der Waals surface area contributed by atoms with Crippen LogP contribution in [-0.4, -0.2) is 25.1 Å². The number of rotatable bonds is 4. The third-order valence-corrected chi connectivity index (χ3v) is 4.11. The third-order valence-electron chi connectivity index (χ3n) is 2.98. The Labute approximate surface area is 102 Å². The number of anilines is 1. The molecule has 0 atom stereocenters. The molecule has 3 nitrogen and oxygen atoms in total. The maximum absolute atomic E-state index is 4.81. The molecule has 1 N–H and O–H groups in total. The molecule has 0 spiro atoms. The molecule has 0 amide bonds. The van der Waals surface area contributed by atoms with Crippen molar-refractivity contribution in [2.75, 3.05) is 25.0 Å². The van der Waals surface area contributed by atoms with E-state index in [1.807, 2.05) is 18.4 Å². The lowest BCUT2D eigenvalue weighted by atomic mass is 10.1. The van der Waals surface area contributed by atoms with Gasteiger partial charge in [0.2, 0.25) is 0 Å². The molecule has 1 fully saturated rings. The van der Waals surface area contributed by atoms with Crippen molar-refractivity contribution in [1.29, 1.82) is 0 Å². The highest BCUT2D eigenvalue weighted by atomic mass is 32.1.